The van der Waals surface area contributed by atoms with Gasteiger partial charge in [0.05, 0.1) is 25.3 Å². The van der Waals surface area contributed by atoms with Crippen LogP contribution in [0.1, 0.15) is 54.7 Å². The van der Waals surface area contributed by atoms with Crippen molar-refractivity contribution in [2.75, 3.05) is 20.3 Å². The molecule has 1 amide bonds. The van der Waals surface area contributed by atoms with Crippen LogP contribution < -0.4 is 14.8 Å². The monoisotopic (exact) mass is 413 g/mol. The number of amides is 1. The summed E-state index contributed by atoms with van der Waals surface area (Å²) in [5.74, 6) is 0.427. The van der Waals surface area contributed by atoms with Crippen LogP contribution in [0.5, 0.6) is 11.5 Å². The van der Waals surface area contributed by atoms with Crippen LogP contribution in [0, 0.1) is 12.8 Å². The first-order valence-corrected chi connectivity index (χ1v) is 10.2. The van der Waals surface area contributed by atoms with Gasteiger partial charge in [-0.25, -0.2) is 4.79 Å². The summed E-state index contributed by atoms with van der Waals surface area (Å²) in [5, 5.41) is 2.91. The summed E-state index contributed by atoms with van der Waals surface area (Å²) in [4.78, 5) is 24.6. The van der Waals surface area contributed by atoms with Gasteiger partial charge in [0.2, 0.25) is 0 Å². The zero-order valence-electron chi connectivity index (χ0n) is 18.4. The van der Waals surface area contributed by atoms with E-state index in [0.717, 1.165) is 17.5 Å². The number of nitrogens with one attached hydrogen (secondary N) is 1. The Balaban J connectivity index is 1.94. The van der Waals surface area contributed by atoms with Crippen LogP contribution in [-0.2, 0) is 9.53 Å². The smallest absolute Gasteiger partial charge is 0.338 e. The van der Waals surface area contributed by atoms with Crippen molar-refractivity contribution in [1.29, 1.82) is 0 Å². The Labute approximate surface area is 178 Å². The molecule has 0 heterocycles. The molecule has 0 aliphatic heterocycles. The van der Waals surface area contributed by atoms with E-state index < -0.39 is 5.97 Å². The van der Waals surface area contributed by atoms with E-state index in [1.54, 1.807) is 18.2 Å². The van der Waals surface area contributed by atoms with Gasteiger partial charge in [-0.05, 0) is 43.0 Å². The number of carbonyl (C=O) groups is 2. The predicted molar refractivity (Wildman–Crippen MR) is 116 cm³/mol. The number of ether oxygens (including phenoxy) is 3. The summed E-state index contributed by atoms with van der Waals surface area (Å²) in [7, 11) is 1.51. The topological polar surface area (TPSA) is 73.9 Å². The second-order valence-corrected chi connectivity index (χ2v) is 7.59. The van der Waals surface area contributed by atoms with E-state index in [0.29, 0.717) is 29.6 Å². The fourth-order valence-electron chi connectivity index (χ4n) is 2.84. The van der Waals surface area contributed by atoms with Gasteiger partial charge in [-0.3, -0.25) is 4.79 Å². The second-order valence-electron chi connectivity index (χ2n) is 7.59. The molecular weight excluding hydrogens is 382 g/mol. The van der Waals surface area contributed by atoms with E-state index in [-0.39, 0.29) is 18.6 Å². The molecular formula is C24H31NO5. The minimum Gasteiger partial charge on any atom is -0.493 e. The van der Waals surface area contributed by atoms with Crippen molar-refractivity contribution in [3.05, 3.63) is 59.2 Å². The van der Waals surface area contributed by atoms with Crippen molar-refractivity contribution in [2.24, 2.45) is 5.92 Å². The van der Waals surface area contributed by atoms with Gasteiger partial charge in [0, 0.05) is 0 Å². The number of carbonyl (C=O) groups excluding carboxylic acids is 2. The highest BCUT2D eigenvalue weighted by atomic mass is 16.5. The molecule has 0 bridgehead atoms. The summed E-state index contributed by atoms with van der Waals surface area (Å²) in [6.07, 6.45) is 0.734. The Morgan fingerprint density at radius 1 is 1.03 bits per heavy atom. The maximum atomic E-state index is 12.4. The molecule has 1 N–H and O–H groups in total. The molecule has 0 saturated heterocycles. The Morgan fingerprint density at radius 2 is 1.73 bits per heavy atom. The van der Waals surface area contributed by atoms with Gasteiger partial charge in [0.15, 0.2) is 18.1 Å². The number of esters is 1. The summed E-state index contributed by atoms with van der Waals surface area (Å²) in [5.41, 5.74) is 2.47. The van der Waals surface area contributed by atoms with Gasteiger partial charge in [-0.1, -0.05) is 50.6 Å². The highest BCUT2D eigenvalue weighted by Gasteiger charge is 2.17. The first kappa shape index (κ1) is 23.3. The van der Waals surface area contributed by atoms with Crippen molar-refractivity contribution < 1.29 is 23.8 Å². The van der Waals surface area contributed by atoms with Crippen LogP contribution in [-0.4, -0.2) is 32.2 Å². The minimum atomic E-state index is -0.595. The fraction of sp³-hybridized carbons (Fsp3) is 0.417. The molecule has 162 valence electrons. The van der Waals surface area contributed by atoms with E-state index in [1.165, 1.54) is 7.11 Å². The van der Waals surface area contributed by atoms with E-state index in [2.05, 4.69) is 5.32 Å². The van der Waals surface area contributed by atoms with Crippen LogP contribution in [0.15, 0.2) is 42.5 Å². The third-order valence-electron chi connectivity index (χ3n) is 4.53. The predicted octanol–water partition coefficient (Wildman–Crippen LogP) is 4.46. The highest BCUT2D eigenvalue weighted by Crippen LogP contribution is 2.28. The number of rotatable bonds is 10. The molecule has 0 fully saturated rings. The number of benzene rings is 2. The second kappa shape index (κ2) is 11.2. The average molecular weight is 414 g/mol. The molecule has 6 heteroatoms. The quantitative estimate of drug-likeness (QED) is 0.582. The van der Waals surface area contributed by atoms with Gasteiger partial charge in [0.1, 0.15) is 0 Å². The zero-order chi connectivity index (χ0) is 22.1. The lowest BCUT2D eigenvalue weighted by Gasteiger charge is -2.18. The molecule has 0 spiro atoms. The molecule has 1 atom stereocenters. The third-order valence-corrected chi connectivity index (χ3v) is 4.53. The van der Waals surface area contributed by atoms with E-state index in [1.807, 2.05) is 52.0 Å². The Hall–Kier alpha value is -3.02. The SMILES string of the molecule is CC[C@@H](NC(=O)COC(=O)c1ccc(OCC(C)C)c(OC)c1)c1ccc(C)cc1. The molecule has 0 aliphatic carbocycles. The molecule has 6 nitrogen and oxygen atoms in total. The van der Waals surface area contributed by atoms with Crippen molar-refractivity contribution in [1.82, 2.24) is 5.32 Å². The lowest BCUT2D eigenvalue weighted by molar-refractivity contribution is -0.125. The summed E-state index contributed by atoms with van der Waals surface area (Å²) in [6.45, 7) is 8.29. The van der Waals surface area contributed by atoms with Crippen molar-refractivity contribution in [3.63, 3.8) is 0 Å². The summed E-state index contributed by atoms with van der Waals surface area (Å²) in [6, 6.07) is 12.7. The van der Waals surface area contributed by atoms with Crippen LogP contribution in [0.2, 0.25) is 0 Å². The van der Waals surface area contributed by atoms with E-state index >= 15 is 0 Å². The number of methoxy groups -OCH3 is 1. The molecule has 0 saturated carbocycles. The number of hydrogen-bond acceptors (Lipinski definition) is 5. The van der Waals surface area contributed by atoms with Gasteiger partial charge in [-0.15, -0.1) is 0 Å². The first-order valence-electron chi connectivity index (χ1n) is 10.2. The summed E-state index contributed by atoms with van der Waals surface area (Å²) >= 11 is 0. The highest BCUT2D eigenvalue weighted by molar-refractivity contribution is 5.92. The van der Waals surface area contributed by atoms with Crippen molar-refractivity contribution in [2.45, 2.75) is 40.2 Å². The minimum absolute atomic E-state index is 0.130. The molecule has 2 aromatic carbocycles. The van der Waals surface area contributed by atoms with E-state index in [9.17, 15) is 9.59 Å². The molecule has 2 rings (SSSR count). The number of hydrogen-bond donors (Lipinski definition) is 1. The van der Waals surface area contributed by atoms with Gasteiger partial charge >= 0.3 is 5.97 Å². The Kier molecular flexibility index (Phi) is 8.71. The molecule has 30 heavy (non-hydrogen) atoms. The molecule has 0 unspecified atom stereocenters. The largest absolute Gasteiger partial charge is 0.493 e. The number of aryl methyl sites for hydroxylation is 1. The van der Waals surface area contributed by atoms with E-state index in [4.69, 9.17) is 14.2 Å². The standard InChI is InChI=1S/C24H31NO5/c1-6-20(18-9-7-17(4)8-10-18)25-23(26)15-30-24(27)19-11-12-21(22(13-19)28-5)29-14-16(2)3/h7-13,16,20H,6,14-15H2,1-5H3,(H,25,26)/t20-/m1/s1. The maximum Gasteiger partial charge on any atom is 0.338 e. The lowest BCUT2D eigenvalue weighted by Crippen LogP contribution is -2.32. The van der Waals surface area contributed by atoms with Crippen LogP contribution >= 0.6 is 0 Å². The normalized spacial score (nSPS) is 11.7. The average Bonchev–Trinajstić information content (AvgIpc) is 2.74. The van der Waals surface area contributed by atoms with Crippen LogP contribution in [0.25, 0.3) is 0 Å². The lowest BCUT2D eigenvalue weighted by atomic mass is 10.0. The Morgan fingerprint density at radius 3 is 2.33 bits per heavy atom. The molecule has 0 aromatic heterocycles. The first-order chi connectivity index (χ1) is 14.3. The van der Waals surface area contributed by atoms with Gasteiger partial charge in [-0.2, -0.15) is 0 Å². The molecule has 2 aromatic rings. The van der Waals surface area contributed by atoms with Gasteiger partial charge < -0.3 is 19.5 Å². The third kappa shape index (κ3) is 6.79. The van der Waals surface area contributed by atoms with Crippen molar-refractivity contribution in [3.8, 4) is 11.5 Å². The maximum absolute atomic E-state index is 12.4. The van der Waals surface area contributed by atoms with Gasteiger partial charge in [0.25, 0.3) is 5.91 Å². The molecule has 0 aliphatic rings. The van der Waals surface area contributed by atoms with Crippen LogP contribution in [0.3, 0.4) is 0 Å². The van der Waals surface area contributed by atoms with Crippen LogP contribution in [0.4, 0.5) is 0 Å². The summed E-state index contributed by atoms with van der Waals surface area (Å²) < 4.78 is 16.2. The Bertz CT molecular complexity index is 845. The zero-order valence-corrected chi connectivity index (χ0v) is 18.4. The van der Waals surface area contributed by atoms with Crippen molar-refractivity contribution >= 4 is 11.9 Å². The molecule has 0 radical (unpaired) electrons. The fourth-order valence-corrected chi connectivity index (χ4v) is 2.84.